The molecule has 0 heterocycles. The Morgan fingerprint density at radius 3 is 2.40 bits per heavy atom. The maximum Gasteiger partial charge on any atom is 0.309 e. The quantitative estimate of drug-likeness (QED) is 0.147. The van der Waals surface area contributed by atoms with Crippen LogP contribution in [0.5, 0.6) is 0 Å². The smallest absolute Gasteiger partial charge is 0.309 e. The molecule has 0 aromatic carbocycles. The molecule has 230 valence electrons. The molecule has 3 fully saturated rings. The zero-order valence-electron chi connectivity index (χ0n) is 28.1. The van der Waals surface area contributed by atoms with Gasteiger partial charge in [-0.3, -0.25) is 4.79 Å². The van der Waals surface area contributed by atoms with E-state index in [-0.39, 0.29) is 23.4 Å². The fourth-order valence-corrected chi connectivity index (χ4v) is 10.3. The van der Waals surface area contributed by atoms with E-state index in [1.54, 1.807) is 5.57 Å². The number of esters is 1. The standard InChI is InChI=1S/C36H65N2O2/c1-25(2)12-11-13-26(3)31-16-17-32-30-15-14-28-22-27(18-20-35(28,4)33(30)19-21-36(31,32)5)34(39)40-29(23-37(6)7)24-38(8,9)10/h14,25-27,29-33H,11-13,15-24H2,1-10H3/q+1/t26-,27?,29?,30+,31-,32+,33+,35+,36-/m1/s1. The van der Waals surface area contributed by atoms with Gasteiger partial charge in [-0.25, -0.2) is 0 Å². The van der Waals surface area contributed by atoms with Gasteiger partial charge in [0.2, 0.25) is 0 Å². The molecule has 0 amide bonds. The number of allylic oxidation sites excluding steroid dienone is 2. The number of carbonyl (C=O) groups excluding carboxylic acids is 1. The minimum Gasteiger partial charge on any atom is -0.455 e. The highest BCUT2D eigenvalue weighted by atomic mass is 16.5. The van der Waals surface area contributed by atoms with Gasteiger partial charge in [0.1, 0.15) is 6.54 Å². The van der Waals surface area contributed by atoms with E-state index in [9.17, 15) is 4.79 Å². The van der Waals surface area contributed by atoms with Crippen molar-refractivity contribution in [1.29, 1.82) is 0 Å². The molecule has 4 aliphatic carbocycles. The van der Waals surface area contributed by atoms with Gasteiger partial charge in [-0.1, -0.05) is 65.5 Å². The molecule has 3 saturated carbocycles. The third kappa shape index (κ3) is 6.85. The first kappa shape index (κ1) is 32.1. The first-order chi connectivity index (χ1) is 18.6. The average molecular weight is 558 g/mol. The lowest BCUT2D eigenvalue weighted by molar-refractivity contribution is -0.873. The van der Waals surface area contributed by atoms with Crippen LogP contribution in [0.25, 0.3) is 0 Å². The summed E-state index contributed by atoms with van der Waals surface area (Å²) in [6.45, 7) is 14.2. The van der Waals surface area contributed by atoms with Crippen LogP contribution < -0.4 is 0 Å². The van der Waals surface area contributed by atoms with Gasteiger partial charge >= 0.3 is 5.97 Å². The van der Waals surface area contributed by atoms with Gasteiger partial charge < -0.3 is 14.1 Å². The van der Waals surface area contributed by atoms with Gasteiger partial charge in [0, 0.05) is 6.54 Å². The highest BCUT2D eigenvalue weighted by Crippen LogP contribution is 2.67. The van der Waals surface area contributed by atoms with E-state index in [2.05, 4.69) is 80.8 Å². The lowest BCUT2D eigenvalue weighted by atomic mass is 9.46. The van der Waals surface area contributed by atoms with Crippen LogP contribution in [-0.2, 0) is 9.53 Å². The van der Waals surface area contributed by atoms with E-state index in [0.29, 0.717) is 5.41 Å². The Balaban J connectivity index is 1.42. The summed E-state index contributed by atoms with van der Waals surface area (Å²) in [6.07, 6.45) is 16.8. The van der Waals surface area contributed by atoms with Crippen molar-refractivity contribution in [2.45, 2.75) is 111 Å². The monoisotopic (exact) mass is 558 g/mol. The molecule has 0 aromatic heterocycles. The molecular formula is C36H65N2O2+. The number of hydrogen-bond donors (Lipinski definition) is 0. The van der Waals surface area contributed by atoms with Crippen molar-refractivity contribution < 1.29 is 14.0 Å². The molecule has 4 aliphatic rings. The summed E-state index contributed by atoms with van der Waals surface area (Å²) in [5.41, 5.74) is 2.42. The molecule has 0 spiro atoms. The van der Waals surface area contributed by atoms with E-state index >= 15 is 0 Å². The number of nitrogens with zero attached hydrogens (tertiary/aromatic N) is 2. The van der Waals surface area contributed by atoms with Crippen molar-refractivity contribution in [3.63, 3.8) is 0 Å². The number of fused-ring (bicyclic) bond motifs is 5. The van der Waals surface area contributed by atoms with Crippen molar-refractivity contribution in [2.75, 3.05) is 48.3 Å². The SMILES string of the molecule is CC(C)CCC[C@@H](C)[C@H]1CC[C@H]2[C@@H]3CC=C4CC(C(=O)OC(CN(C)C)C[N+](C)(C)C)CC[C@]4(C)[C@H]3CC[C@]12C. The molecule has 0 N–H and O–H groups in total. The first-order valence-electron chi connectivity index (χ1n) is 17.0. The van der Waals surface area contributed by atoms with Crippen LogP contribution >= 0.6 is 0 Å². The van der Waals surface area contributed by atoms with E-state index in [0.717, 1.165) is 72.3 Å². The van der Waals surface area contributed by atoms with E-state index in [1.165, 1.54) is 51.4 Å². The minimum absolute atomic E-state index is 0.0319. The van der Waals surface area contributed by atoms with E-state index in [4.69, 9.17) is 4.74 Å². The van der Waals surface area contributed by atoms with Crippen LogP contribution in [0.3, 0.4) is 0 Å². The van der Waals surface area contributed by atoms with Crippen LogP contribution in [0.15, 0.2) is 11.6 Å². The zero-order valence-corrected chi connectivity index (χ0v) is 28.1. The molecule has 4 heteroatoms. The Hall–Kier alpha value is -0.870. The van der Waals surface area contributed by atoms with Crippen molar-refractivity contribution >= 4 is 5.97 Å². The molecule has 0 saturated heterocycles. The molecule has 0 bridgehead atoms. The zero-order chi connectivity index (χ0) is 29.5. The number of quaternary nitrogens is 1. The van der Waals surface area contributed by atoms with Crippen molar-refractivity contribution in [1.82, 2.24) is 4.90 Å². The van der Waals surface area contributed by atoms with Crippen LogP contribution in [0.1, 0.15) is 105 Å². The maximum absolute atomic E-state index is 13.5. The Morgan fingerprint density at radius 1 is 1.02 bits per heavy atom. The number of carbonyl (C=O) groups is 1. The average Bonchev–Trinajstić information content (AvgIpc) is 3.19. The van der Waals surface area contributed by atoms with Gasteiger partial charge in [-0.15, -0.1) is 0 Å². The number of likely N-dealkylation sites (N-methyl/N-ethyl adjacent to an activating group) is 2. The predicted molar refractivity (Wildman–Crippen MR) is 168 cm³/mol. The minimum atomic E-state index is -0.0559. The summed E-state index contributed by atoms with van der Waals surface area (Å²) in [5.74, 6) is 5.23. The lowest BCUT2D eigenvalue weighted by Crippen LogP contribution is -2.51. The van der Waals surface area contributed by atoms with Gasteiger partial charge in [0.15, 0.2) is 6.10 Å². The third-order valence-electron chi connectivity index (χ3n) is 12.2. The highest BCUT2D eigenvalue weighted by Gasteiger charge is 2.59. The Kier molecular flexibility index (Phi) is 9.93. The summed E-state index contributed by atoms with van der Waals surface area (Å²) in [7, 11) is 10.7. The number of rotatable bonds is 11. The van der Waals surface area contributed by atoms with Crippen LogP contribution in [0, 0.1) is 52.3 Å². The molecule has 4 rings (SSSR count). The van der Waals surface area contributed by atoms with E-state index in [1.807, 2.05) is 0 Å². The molecule has 0 aliphatic heterocycles. The number of ether oxygens (including phenoxy) is 1. The second-order valence-corrected chi connectivity index (χ2v) is 17.0. The molecule has 4 nitrogen and oxygen atoms in total. The predicted octanol–water partition coefficient (Wildman–Crippen LogP) is 7.82. The summed E-state index contributed by atoms with van der Waals surface area (Å²) >= 11 is 0. The normalized spacial score (nSPS) is 37.4. The van der Waals surface area contributed by atoms with Crippen LogP contribution in [-0.4, -0.2) is 69.8 Å². The maximum atomic E-state index is 13.5. The summed E-state index contributed by atoms with van der Waals surface area (Å²) < 4.78 is 7.02. The van der Waals surface area contributed by atoms with Crippen LogP contribution in [0.2, 0.25) is 0 Å². The molecule has 40 heavy (non-hydrogen) atoms. The molecule has 0 radical (unpaired) electrons. The Bertz CT molecular complexity index is 903. The largest absolute Gasteiger partial charge is 0.455 e. The fourth-order valence-electron chi connectivity index (χ4n) is 10.3. The summed E-state index contributed by atoms with van der Waals surface area (Å²) in [6, 6.07) is 0. The highest BCUT2D eigenvalue weighted by molar-refractivity contribution is 5.73. The second-order valence-electron chi connectivity index (χ2n) is 17.0. The Labute approximate surface area is 248 Å². The van der Waals surface area contributed by atoms with Crippen molar-refractivity contribution in [2.24, 2.45) is 52.3 Å². The summed E-state index contributed by atoms with van der Waals surface area (Å²) in [5, 5.41) is 0. The van der Waals surface area contributed by atoms with Crippen LogP contribution in [0.4, 0.5) is 0 Å². The summed E-state index contributed by atoms with van der Waals surface area (Å²) in [4.78, 5) is 15.6. The van der Waals surface area contributed by atoms with Crippen molar-refractivity contribution in [3.8, 4) is 0 Å². The van der Waals surface area contributed by atoms with Gasteiger partial charge in [-0.05, 0) is 112 Å². The molecule has 2 unspecified atom stereocenters. The topological polar surface area (TPSA) is 29.5 Å². The second kappa shape index (κ2) is 12.4. The molecule has 9 atom stereocenters. The van der Waals surface area contributed by atoms with Crippen molar-refractivity contribution in [3.05, 3.63) is 11.6 Å². The Morgan fingerprint density at radius 2 is 1.75 bits per heavy atom. The van der Waals surface area contributed by atoms with Gasteiger partial charge in [-0.2, -0.15) is 0 Å². The molecular weight excluding hydrogens is 492 g/mol. The van der Waals surface area contributed by atoms with Gasteiger partial charge in [0.25, 0.3) is 0 Å². The first-order valence-corrected chi connectivity index (χ1v) is 17.0. The van der Waals surface area contributed by atoms with E-state index < -0.39 is 0 Å². The van der Waals surface area contributed by atoms with Gasteiger partial charge in [0.05, 0.1) is 27.1 Å². The fraction of sp³-hybridized carbons (Fsp3) is 0.917. The third-order valence-corrected chi connectivity index (χ3v) is 12.2. The molecule has 0 aromatic rings. The number of hydrogen-bond acceptors (Lipinski definition) is 3. The lowest BCUT2D eigenvalue weighted by Gasteiger charge is -2.58.